The van der Waals surface area contributed by atoms with E-state index in [-0.39, 0.29) is 31.5 Å². The van der Waals surface area contributed by atoms with Gasteiger partial charge in [-0.15, -0.1) is 0 Å². The van der Waals surface area contributed by atoms with Crippen LogP contribution in [0.1, 0.15) is 51.9 Å². The van der Waals surface area contributed by atoms with E-state index in [4.69, 9.17) is 0 Å². The molecule has 142 valence electrons. The Bertz CT molecular complexity index is 534. The summed E-state index contributed by atoms with van der Waals surface area (Å²) in [6, 6.07) is -0.479. The topological polar surface area (TPSA) is 52.7 Å². The van der Waals surface area contributed by atoms with Gasteiger partial charge >= 0.3 is 12.2 Å². The first-order chi connectivity index (χ1) is 11.7. The second kappa shape index (κ2) is 6.78. The lowest BCUT2D eigenvalue weighted by Crippen LogP contribution is -2.52. The Morgan fingerprint density at radius 1 is 1.12 bits per heavy atom. The van der Waals surface area contributed by atoms with Gasteiger partial charge in [0.2, 0.25) is 0 Å². The van der Waals surface area contributed by atoms with Crippen molar-refractivity contribution in [2.24, 2.45) is 11.8 Å². The molecule has 0 aromatic rings. The molecule has 1 aliphatic carbocycles. The van der Waals surface area contributed by atoms with Gasteiger partial charge in [0.15, 0.2) is 0 Å². The fourth-order valence-electron chi connectivity index (χ4n) is 4.45. The number of alkyl halides is 3. The van der Waals surface area contributed by atoms with E-state index in [1.165, 1.54) is 0 Å². The first kappa shape index (κ1) is 18.5. The number of amides is 3. The quantitative estimate of drug-likeness (QED) is 0.786. The maximum absolute atomic E-state index is 13.0. The summed E-state index contributed by atoms with van der Waals surface area (Å²) in [5.74, 6) is -1.57. The van der Waals surface area contributed by atoms with Gasteiger partial charge in [-0.25, -0.2) is 9.69 Å². The van der Waals surface area contributed by atoms with Crippen molar-refractivity contribution < 1.29 is 22.8 Å². The molecule has 5 nitrogen and oxygen atoms in total. The molecule has 3 amide bonds. The summed E-state index contributed by atoms with van der Waals surface area (Å²) in [6.07, 6.45) is 1.34. The summed E-state index contributed by atoms with van der Waals surface area (Å²) >= 11 is 0. The van der Waals surface area contributed by atoms with Gasteiger partial charge in [0.1, 0.15) is 5.54 Å². The van der Waals surface area contributed by atoms with Crippen LogP contribution in [0.3, 0.4) is 0 Å². The van der Waals surface area contributed by atoms with E-state index >= 15 is 0 Å². The molecule has 2 saturated heterocycles. The Kier molecular flexibility index (Phi) is 5.01. The Labute approximate surface area is 145 Å². The Morgan fingerprint density at radius 2 is 1.80 bits per heavy atom. The summed E-state index contributed by atoms with van der Waals surface area (Å²) in [4.78, 5) is 27.9. The predicted octanol–water partition coefficient (Wildman–Crippen LogP) is 3.11. The number of nitrogens with one attached hydrogen (secondary N) is 1. The minimum atomic E-state index is -4.23. The number of imide groups is 1. The standard InChI is InChI=1S/C17H26F3N3O2/c1-16(12-6-3-2-4-7-12)14(24)23(15(25)21-16)11-22-9-5-8-13(10-22)17(18,19)20/h12-13H,2-11H2,1H3,(H,21,25)/t13-,16+/m0/s1. The Balaban J connectivity index is 1.66. The highest BCUT2D eigenvalue weighted by Gasteiger charge is 2.53. The van der Waals surface area contributed by atoms with Crippen LogP contribution in [0.15, 0.2) is 0 Å². The number of nitrogens with zero attached hydrogens (tertiary/aromatic N) is 2. The summed E-state index contributed by atoms with van der Waals surface area (Å²) < 4.78 is 38.9. The minimum Gasteiger partial charge on any atom is -0.323 e. The zero-order chi connectivity index (χ0) is 18.2. The molecule has 0 aromatic heterocycles. The van der Waals surface area contributed by atoms with Crippen LogP contribution in [-0.2, 0) is 4.79 Å². The van der Waals surface area contributed by atoms with Gasteiger partial charge in [-0.1, -0.05) is 19.3 Å². The highest BCUT2D eigenvalue weighted by Crippen LogP contribution is 2.37. The normalized spacial score (nSPS) is 33.0. The second-order valence-corrected chi connectivity index (χ2v) is 7.80. The Morgan fingerprint density at radius 3 is 2.44 bits per heavy atom. The molecule has 1 N–H and O–H groups in total. The van der Waals surface area contributed by atoms with E-state index in [2.05, 4.69) is 5.32 Å². The van der Waals surface area contributed by atoms with Crippen LogP contribution < -0.4 is 5.32 Å². The molecule has 25 heavy (non-hydrogen) atoms. The van der Waals surface area contributed by atoms with Gasteiger partial charge < -0.3 is 5.32 Å². The molecule has 2 atom stereocenters. The van der Waals surface area contributed by atoms with Crippen molar-refractivity contribution in [1.29, 1.82) is 0 Å². The first-order valence-electron chi connectivity index (χ1n) is 9.15. The van der Waals surface area contributed by atoms with E-state index < -0.39 is 23.7 Å². The lowest BCUT2D eigenvalue weighted by atomic mass is 9.75. The summed E-state index contributed by atoms with van der Waals surface area (Å²) in [5.41, 5.74) is -0.920. The summed E-state index contributed by atoms with van der Waals surface area (Å²) in [5, 5.41) is 2.82. The van der Waals surface area contributed by atoms with E-state index in [1.54, 1.807) is 11.8 Å². The van der Waals surface area contributed by atoms with E-state index in [9.17, 15) is 22.8 Å². The molecule has 2 aliphatic heterocycles. The van der Waals surface area contributed by atoms with Crippen LogP contribution in [0.25, 0.3) is 0 Å². The van der Waals surface area contributed by atoms with Crippen LogP contribution in [0.2, 0.25) is 0 Å². The van der Waals surface area contributed by atoms with Crippen LogP contribution >= 0.6 is 0 Å². The largest absolute Gasteiger partial charge is 0.393 e. The molecule has 1 saturated carbocycles. The number of likely N-dealkylation sites (tertiary alicyclic amines) is 1. The number of carbonyl (C=O) groups is 2. The maximum atomic E-state index is 13.0. The third-order valence-electron chi connectivity index (χ3n) is 6.03. The van der Waals surface area contributed by atoms with Crippen LogP contribution in [0.4, 0.5) is 18.0 Å². The molecule has 3 aliphatic rings. The van der Waals surface area contributed by atoms with Crippen molar-refractivity contribution in [2.75, 3.05) is 19.8 Å². The van der Waals surface area contributed by atoms with Crippen molar-refractivity contribution in [3.8, 4) is 0 Å². The Hall–Kier alpha value is -1.31. The number of halogens is 3. The van der Waals surface area contributed by atoms with E-state index in [0.29, 0.717) is 13.0 Å². The van der Waals surface area contributed by atoms with Gasteiger partial charge in [-0.3, -0.25) is 9.69 Å². The average molecular weight is 361 g/mol. The summed E-state index contributed by atoms with van der Waals surface area (Å²) in [6.45, 7) is 2.03. The lowest BCUT2D eigenvalue weighted by molar-refractivity contribution is -0.187. The first-order valence-corrected chi connectivity index (χ1v) is 9.15. The van der Waals surface area contributed by atoms with E-state index in [0.717, 1.165) is 37.0 Å². The van der Waals surface area contributed by atoms with Crippen LogP contribution in [-0.4, -0.2) is 53.2 Å². The van der Waals surface area contributed by atoms with E-state index in [1.807, 2.05) is 0 Å². The van der Waals surface area contributed by atoms with Crippen LogP contribution in [0, 0.1) is 11.8 Å². The van der Waals surface area contributed by atoms with Crippen molar-refractivity contribution in [1.82, 2.24) is 15.1 Å². The fraction of sp³-hybridized carbons (Fsp3) is 0.882. The third-order valence-corrected chi connectivity index (χ3v) is 6.03. The highest BCUT2D eigenvalue weighted by atomic mass is 19.4. The molecule has 0 unspecified atom stereocenters. The molecule has 0 aromatic carbocycles. The molecule has 0 bridgehead atoms. The molecule has 0 radical (unpaired) electrons. The monoisotopic (exact) mass is 361 g/mol. The van der Waals surface area contributed by atoms with Gasteiger partial charge in [0.25, 0.3) is 5.91 Å². The third kappa shape index (κ3) is 3.64. The SMILES string of the molecule is C[C@]1(C2CCCCC2)NC(=O)N(CN2CCC[C@H](C(F)(F)F)C2)C1=O. The molecular weight excluding hydrogens is 335 g/mol. The highest BCUT2D eigenvalue weighted by molar-refractivity contribution is 6.07. The zero-order valence-corrected chi connectivity index (χ0v) is 14.6. The van der Waals surface area contributed by atoms with Crippen molar-refractivity contribution in [3.63, 3.8) is 0 Å². The van der Waals surface area contributed by atoms with Crippen molar-refractivity contribution >= 4 is 11.9 Å². The minimum absolute atomic E-state index is 0.0560. The lowest BCUT2D eigenvalue weighted by Gasteiger charge is -2.36. The molecule has 3 rings (SSSR count). The van der Waals surface area contributed by atoms with Gasteiger partial charge in [0, 0.05) is 6.54 Å². The number of urea groups is 1. The number of carbonyl (C=O) groups excluding carboxylic acids is 2. The van der Waals surface area contributed by atoms with Crippen molar-refractivity contribution in [3.05, 3.63) is 0 Å². The zero-order valence-electron chi connectivity index (χ0n) is 14.6. The number of piperidine rings is 1. The second-order valence-electron chi connectivity index (χ2n) is 7.80. The van der Waals surface area contributed by atoms with Gasteiger partial charge in [-0.05, 0) is 45.1 Å². The summed E-state index contributed by atoms with van der Waals surface area (Å²) in [7, 11) is 0. The number of hydrogen-bond donors (Lipinski definition) is 1. The molecule has 8 heteroatoms. The van der Waals surface area contributed by atoms with Gasteiger partial charge in [0.05, 0.1) is 12.6 Å². The fourth-order valence-corrected chi connectivity index (χ4v) is 4.45. The van der Waals surface area contributed by atoms with Crippen molar-refractivity contribution in [2.45, 2.75) is 63.6 Å². The average Bonchev–Trinajstić information content (AvgIpc) is 2.80. The maximum Gasteiger partial charge on any atom is 0.393 e. The van der Waals surface area contributed by atoms with Gasteiger partial charge in [-0.2, -0.15) is 13.2 Å². The number of rotatable bonds is 3. The molecular formula is C17H26F3N3O2. The van der Waals surface area contributed by atoms with Crippen LogP contribution in [0.5, 0.6) is 0 Å². The number of hydrogen-bond acceptors (Lipinski definition) is 3. The molecule has 2 heterocycles. The molecule has 0 spiro atoms. The smallest absolute Gasteiger partial charge is 0.323 e. The predicted molar refractivity (Wildman–Crippen MR) is 85.6 cm³/mol. The molecule has 3 fully saturated rings.